The van der Waals surface area contributed by atoms with Crippen LogP contribution < -0.4 is 20.2 Å². The maximum Gasteiger partial charge on any atom is 0.271 e. The minimum atomic E-state index is -0.902. The van der Waals surface area contributed by atoms with Crippen molar-refractivity contribution in [2.75, 3.05) is 26.8 Å². The summed E-state index contributed by atoms with van der Waals surface area (Å²) in [6.45, 7) is 2.44. The van der Waals surface area contributed by atoms with Gasteiger partial charge in [0.25, 0.3) is 11.8 Å². The lowest BCUT2D eigenvalue weighted by atomic mass is 10.2. The third-order valence-electron chi connectivity index (χ3n) is 6.04. The maximum absolute atomic E-state index is 13.4. The number of rotatable bonds is 10. The molecule has 3 N–H and O–H groups in total. The molecular formula is C28H31FN4O5S. The van der Waals surface area contributed by atoms with E-state index in [1.54, 1.807) is 18.2 Å². The summed E-state index contributed by atoms with van der Waals surface area (Å²) in [6, 6.07) is 18.5. The average molecular weight is 555 g/mol. The maximum atomic E-state index is 13.4. The molecule has 1 fully saturated rings. The van der Waals surface area contributed by atoms with Gasteiger partial charge in [-0.2, -0.15) is 18.6 Å². The summed E-state index contributed by atoms with van der Waals surface area (Å²) in [4.78, 5) is 26.9. The number of halogens is 1. The Labute approximate surface area is 233 Å². The molecule has 3 aromatic rings. The van der Waals surface area contributed by atoms with Crippen molar-refractivity contribution in [3.63, 3.8) is 0 Å². The van der Waals surface area contributed by atoms with Crippen LogP contribution in [0.15, 0.2) is 71.8 Å². The third-order valence-corrected chi connectivity index (χ3v) is 6.04. The summed E-state index contributed by atoms with van der Waals surface area (Å²) >= 11 is 0. The number of carbonyl (C=O) groups is 2. The Morgan fingerprint density at radius 1 is 1.15 bits per heavy atom. The van der Waals surface area contributed by atoms with Gasteiger partial charge in [-0.15, -0.1) is 0 Å². The molecule has 0 aromatic heterocycles. The first kappa shape index (κ1) is 29.5. The quantitative estimate of drug-likeness (QED) is 0.262. The van der Waals surface area contributed by atoms with Crippen LogP contribution in [0, 0.1) is 5.82 Å². The van der Waals surface area contributed by atoms with Gasteiger partial charge in [0.05, 0.1) is 13.3 Å². The van der Waals surface area contributed by atoms with Gasteiger partial charge in [0.2, 0.25) is 0 Å². The number of hydrazone groups is 1. The Morgan fingerprint density at radius 2 is 1.95 bits per heavy atom. The SMILES string of the molecule is COc1cc(OCC(=O)NC2CCN(Cc3ccccc3)C2)ccc1/C=N/NC(=O)c1ccc(O)c(F)c1.S. The van der Waals surface area contributed by atoms with Crippen molar-refractivity contribution in [3.8, 4) is 17.2 Å². The molecule has 1 aliphatic heterocycles. The fourth-order valence-electron chi connectivity index (χ4n) is 4.11. The number of amides is 2. The summed E-state index contributed by atoms with van der Waals surface area (Å²) in [7, 11) is 1.47. The van der Waals surface area contributed by atoms with Crippen LogP contribution in [0.25, 0.3) is 0 Å². The molecule has 1 heterocycles. The molecule has 3 aromatic carbocycles. The fraction of sp³-hybridized carbons (Fsp3) is 0.250. The molecule has 0 saturated carbocycles. The van der Waals surface area contributed by atoms with E-state index in [1.807, 2.05) is 18.2 Å². The standard InChI is InChI=1S/C28H29FN4O5.H2S/c1-37-26-14-23(9-7-21(26)15-30-32-28(36)20-8-10-25(34)24(29)13-20)38-18-27(35)31-22-11-12-33(17-22)16-19-5-3-2-4-6-19;/h2-10,13-15,22,34H,11-12,16-18H2,1H3,(H,31,35)(H,32,36);1H2/b30-15+;. The van der Waals surface area contributed by atoms with Gasteiger partial charge in [-0.1, -0.05) is 30.3 Å². The molecule has 206 valence electrons. The van der Waals surface area contributed by atoms with Gasteiger partial charge in [0.15, 0.2) is 18.2 Å². The lowest BCUT2D eigenvalue weighted by molar-refractivity contribution is -0.123. The predicted molar refractivity (Wildman–Crippen MR) is 150 cm³/mol. The molecule has 0 spiro atoms. The van der Waals surface area contributed by atoms with Crippen LogP contribution in [0.4, 0.5) is 4.39 Å². The molecular weight excluding hydrogens is 523 g/mol. The van der Waals surface area contributed by atoms with Crippen LogP contribution in [0.1, 0.15) is 27.9 Å². The van der Waals surface area contributed by atoms with Gasteiger partial charge in [-0.25, -0.2) is 9.82 Å². The van der Waals surface area contributed by atoms with Crippen molar-refractivity contribution < 1.29 is 28.6 Å². The van der Waals surface area contributed by atoms with Crippen molar-refractivity contribution in [2.24, 2.45) is 5.10 Å². The van der Waals surface area contributed by atoms with Crippen molar-refractivity contribution >= 4 is 31.5 Å². The second kappa shape index (κ2) is 14.2. The number of nitrogens with zero attached hydrogens (tertiary/aromatic N) is 2. The number of hydrogen-bond donors (Lipinski definition) is 3. The lowest BCUT2D eigenvalue weighted by Gasteiger charge is -2.17. The zero-order chi connectivity index (χ0) is 26.9. The van der Waals surface area contributed by atoms with E-state index in [2.05, 4.69) is 32.9 Å². The Morgan fingerprint density at radius 3 is 2.69 bits per heavy atom. The van der Waals surface area contributed by atoms with Crippen molar-refractivity contribution in [1.29, 1.82) is 0 Å². The third kappa shape index (κ3) is 8.45. The zero-order valence-electron chi connectivity index (χ0n) is 21.4. The number of benzene rings is 3. The topological polar surface area (TPSA) is 112 Å². The van der Waals surface area contributed by atoms with Crippen molar-refractivity contribution in [2.45, 2.75) is 19.0 Å². The predicted octanol–water partition coefficient (Wildman–Crippen LogP) is 3.19. The first-order valence-electron chi connectivity index (χ1n) is 12.1. The molecule has 1 saturated heterocycles. The number of phenolic OH excluding ortho intramolecular Hbond substituents is 1. The molecule has 0 radical (unpaired) electrons. The van der Waals surface area contributed by atoms with E-state index >= 15 is 0 Å². The van der Waals surface area contributed by atoms with Gasteiger partial charge in [0.1, 0.15) is 11.5 Å². The highest BCUT2D eigenvalue weighted by molar-refractivity contribution is 7.59. The van der Waals surface area contributed by atoms with E-state index in [0.717, 1.165) is 38.2 Å². The van der Waals surface area contributed by atoms with Crippen molar-refractivity contribution in [1.82, 2.24) is 15.6 Å². The summed E-state index contributed by atoms with van der Waals surface area (Å²) in [5.41, 5.74) is 4.09. The van der Waals surface area contributed by atoms with Crippen molar-refractivity contribution in [3.05, 3.63) is 89.2 Å². The molecule has 1 unspecified atom stereocenters. The second-order valence-corrected chi connectivity index (χ2v) is 8.83. The molecule has 0 bridgehead atoms. The minimum absolute atomic E-state index is 0. The number of ether oxygens (including phenoxy) is 2. The van der Waals surface area contributed by atoms with Crippen LogP contribution >= 0.6 is 13.5 Å². The van der Waals surface area contributed by atoms with Gasteiger partial charge in [0, 0.05) is 42.9 Å². The monoisotopic (exact) mass is 554 g/mol. The van der Waals surface area contributed by atoms with E-state index in [4.69, 9.17) is 9.47 Å². The number of likely N-dealkylation sites (tertiary alicyclic amines) is 1. The number of aromatic hydroxyl groups is 1. The van der Waals surface area contributed by atoms with E-state index in [1.165, 1.54) is 25.0 Å². The van der Waals surface area contributed by atoms with E-state index in [-0.39, 0.29) is 37.6 Å². The largest absolute Gasteiger partial charge is 0.505 e. The number of methoxy groups -OCH3 is 1. The highest BCUT2D eigenvalue weighted by atomic mass is 32.1. The van der Waals surface area contributed by atoms with Crippen LogP contribution in [0.5, 0.6) is 17.2 Å². The highest BCUT2D eigenvalue weighted by Crippen LogP contribution is 2.23. The first-order valence-corrected chi connectivity index (χ1v) is 12.1. The molecule has 39 heavy (non-hydrogen) atoms. The molecule has 2 amide bonds. The summed E-state index contributed by atoms with van der Waals surface area (Å²) in [5.74, 6) is -1.43. The fourth-order valence-corrected chi connectivity index (χ4v) is 4.11. The average Bonchev–Trinajstić information content (AvgIpc) is 3.36. The van der Waals surface area contributed by atoms with Gasteiger partial charge in [-0.05, 0) is 42.3 Å². The Balaban J connectivity index is 0.00000420. The molecule has 4 rings (SSSR count). The first-order chi connectivity index (χ1) is 18.4. The Bertz CT molecular complexity index is 1310. The van der Waals surface area contributed by atoms with E-state index in [9.17, 15) is 19.1 Å². The number of nitrogens with one attached hydrogen (secondary N) is 2. The van der Waals surface area contributed by atoms with Crippen LogP contribution in [-0.2, 0) is 11.3 Å². The number of hydrogen-bond acceptors (Lipinski definition) is 7. The number of phenols is 1. The summed E-state index contributed by atoms with van der Waals surface area (Å²) in [5, 5.41) is 16.1. The second-order valence-electron chi connectivity index (χ2n) is 8.83. The zero-order valence-corrected chi connectivity index (χ0v) is 22.4. The molecule has 1 atom stereocenters. The van der Waals surface area contributed by atoms with Crippen LogP contribution in [0.2, 0.25) is 0 Å². The molecule has 1 aliphatic rings. The van der Waals surface area contributed by atoms with Crippen LogP contribution in [0.3, 0.4) is 0 Å². The molecule has 0 aliphatic carbocycles. The van der Waals surface area contributed by atoms with Gasteiger partial charge in [-0.3, -0.25) is 14.5 Å². The van der Waals surface area contributed by atoms with E-state index in [0.29, 0.717) is 17.1 Å². The number of carbonyl (C=O) groups excluding carboxylic acids is 2. The minimum Gasteiger partial charge on any atom is -0.505 e. The van der Waals surface area contributed by atoms with Gasteiger partial charge >= 0.3 is 0 Å². The van der Waals surface area contributed by atoms with Crippen LogP contribution in [-0.4, -0.2) is 60.9 Å². The smallest absolute Gasteiger partial charge is 0.271 e. The Kier molecular flexibility index (Phi) is 10.7. The summed E-state index contributed by atoms with van der Waals surface area (Å²) in [6.07, 6.45) is 2.25. The lowest BCUT2D eigenvalue weighted by Crippen LogP contribution is -2.39. The Hall–Kier alpha value is -4.09. The van der Waals surface area contributed by atoms with Gasteiger partial charge < -0.3 is 19.9 Å². The molecule has 11 heteroatoms. The highest BCUT2D eigenvalue weighted by Gasteiger charge is 2.24. The normalized spacial score (nSPS) is 15.0. The van der Waals surface area contributed by atoms with E-state index < -0.39 is 17.5 Å². The molecule has 9 nitrogen and oxygen atoms in total. The summed E-state index contributed by atoms with van der Waals surface area (Å²) < 4.78 is 24.5.